The topological polar surface area (TPSA) is 85.4 Å². The summed E-state index contributed by atoms with van der Waals surface area (Å²) in [5, 5.41) is 0. The SMILES string of the molecule is CCOc1ccc(S(=O)(=O)N2CCN(CP(=O)(OC)OC)CC2)cc1. The molecule has 1 aromatic carbocycles. The second-order valence-corrected chi connectivity index (χ2v) is 9.72. The van der Waals surface area contributed by atoms with E-state index in [1.807, 2.05) is 11.8 Å². The van der Waals surface area contributed by atoms with Gasteiger partial charge in [-0.15, -0.1) is 0 Å². The molecule has 1 heterocycles. The number of ether oxygens (including phenoxy) is 1. The van der Waals surface area contributed by atoms with E-state index in [0.29, 0.717) is 38.5 Å². The molecule has 0 N–H and O–H groups in total. The van der Waals surface area contributed by atoms with Gasteiger partial charge in [0.1, 0.15) is 12.0 Å². The summed E-state index contributed by atoms with van der Waals surface area (Å²) in [5.41, 5.74) is 0. The Hall–Kier alpha value is -0.960. The van der Waals surface area contributed by atoms with Crippen LogP contribution in [0.3, 0.4) is 0 Å². The minimum Gasteiger partial charge on any atom is -0.494 e. The smallest absolute Gasteiger partial charge is 0.344 e. The lowest BCUT2D eigenvalue weighted by molar-refractivity contribution is 0.187. The molecule has 0 spiro atoms. The van der Waals surface area contributed by atoms with Gasteiger partial charge < -0.3 is 13.8 Å². The van der Waals surface area contributed by atoms with Gasteiger partial charge >= 0.3 is 7.60 Å². The number of hydrogen-bond acceptors (Lipinski definition) is 7. The first kappa shape index (κ1) is 20.4. The summed E-state index contributed by atoms with van der Waals surface area (Å²) in [7, 11) is -4.00. The zero-order chi connectivity index (χ0) is 18.5. The van der Waals surface area contributed by atoms with Crippen LogP contribution >= 0.6 is 7.60 Å². The van der Waals surface area contributed by atoms with Gasteiger partial charge in [-0.05, 0) is 31.2 Å². The van der Waals surface area contributed by atoms with E-state index in [2.05, 4.69) is 0 Å². The van der Waals surface area contributed by atoms with Crippen molar-refractivity contribution in [2.45, 2.75) is 11.8 Å². The Morgan fingerprint density at radius 2 is 1.60 bits per heavy atom. The Kier molecular flexibility index (Phi) is 7.01. The molecule has 1 aromatic rings. The van der Waals surface area contributed by atoms with Crippen molar-refractivity contribution in [3.05, 3.63) is 24.3 Å². The van der Waals surface area contributed by atoms with Crippen LogP contribution in [0.4, 0.5) is 0 Å². The van der Waals surface area contributed by atoms with E-state index in [9.17, 15) is 13.0 Å². The largest absolute Gasteiger partial charge is 0.494 e. The van der Waals surface area contributed by atoms with Gasteiger partial charge in [-0.3, -0.25) is 9.46 Å². The van der Waals surface area contributed by atoms with E-state index in [1.165, 1.54) is 18.5 Å². The van der Waals surface area contributed by atoms with E-state index in [4.69, 9.17) is 13.8 Å². The molecule has 0 saturated carbocycles. The molecule has 0 aliphatic carbocycles. The van der Waals surface area contributed by atoms with E-state index in [1.54, 1.807) is 24.3 Å². The molecule has 2 rings (SSSR count). The highest BCUT2D eigenvalue weighted by Gasteiger charge is 2.32. The fraction of sp³-hybridized carbons (Fsp3) is 0.600. The molecule has 142 valence electrons. The molecule has 25 heavy (non-hydrogen) atoms. The van der Waals surface area contributed by atoms with E-state index in [0.717, 1.165) is 0 Å². The fourth-order valence-corrected chi connectivity index (χ4v) is 5.14. The summed E-state index contributed by atoms with van der Waals surface area (Å²) in [6.07, 6.45) is 0.150. The lowest BCUT2D eigenvalue weighted by Gasteiger charge is -2.34. The second-order valence-electron chi connectivity index (χ2n) is 5.54. The predicted molar refractivity (Wildman–Crippen MR) is 94.4 cm³/mol. The van der Waals surface area contributed by atoms with Gasteiger partial charge in [0.25, 0.3) is 0 Å². The van der Waals surface area contributed by atoms with Crippen LogP contribution in [0.2, 0.25) is 0 Å². The molecule has 0 bridgehead atoms. The lowest BCUT2D eigenvalue weighted by Crippen LogP contribution is -2.48. The average molecular weight is 392 g/mol. The molecule has 0 aromatic heterocycles. The molecule has 10 heteroatoms. The molecule has 0 atom stereocenters. The Morgan fingerprint density at radius 1 is 1.04 bits per heavy atom. The maximum atomic E-state index is 12.7. The molecule has 0 radical (unpaired) electrons. The summed E-state index contributed by atoms with van der Waals surface area (Å²) in [6.45, 7) is 3.98. The summed E-state index contributed by atoms with van der Waals surface area (Å²) in [5.74, 6) is 0.640. The second kappa shape index (κ2) is 8.62. The summed E-state index contributed by atoms with van der Waals surface area (Å²) >= 11 is 0. The van der Waals surface area contributed by atoms with Crippen molar-refractivity contribution in [2.24, 2.45) is 0 Å². The van der Waals surface area contributed by atoms with Crippen molar-refractivity contribution in [1.82, 2.24) is 9.21 Å². The number of sulfonamides is 1. The molecular formula is C15H25N2O6PS. The van der Waals surface area contributed by atoms with Gasteiger partial charge in [0.2, 0.25) is 10.0 Å². The highest BCUT2D eigenvalue weighted by Crippen LogP contribution is 2.46. The van der Waals surface area contributed by atoms with Gasteiger partial charge in [0.15, 0.2) is 0 Å². The van der Waals surface area contributed by atoms with Gasteiger partial charge in [0, 0.05) is 40.4 Å². The third kappa shape index (κ3) is 5.03. The molecule has 1 saturated heterocycles. The Morgan fingerprint density at radius 3 is 2.08 bits per heavy atom. The van der Waals surface area contributed by atoms with Crippen LogP contribution in [-0.4, -0.2) is 70.9 Å². The molecule has 8 nitrogen and oxygen atoms in total. The highest BCUT2D eigenvalue weighted by molar-refractivity contribution is 7.89. The van der Waals surface area contributed by atoms with Crippen LogP contribution in [0.15, 0.2) is 29.2 Å². The van der Waals surface area contributed by atoms with Gasteiger partial charge in [-0.1, -0.05) is 0 Å². The standard InChI is InChI=1S/C15H25N2O6PS/c1-4-23-14-5-7-15(8-6-14)25(19,20)17-11-9-16(10-12-17)13-24(18,21-2)22-3/h5-8H,4,9-13H2,1-3H3. The number of nitrogens with zero attached hydrogens (tertiary/aromatic N) is 2. The van der Waals surface area contributed by atoms with Crippen molar-refractivity contribution in [3.8, 4) is 5.75 Å². The van der Waals surface area contributed by atoms with Crippen LogP contribution in [0.25, 0.3) is 0 Å². The first-order valence-corrected chi connectivity index (χ1v) is 11.2. The van der Waals surface area contributed by atoms with Gasteiger partial charge in [-0.25, -0.2) is 8.42 Å². The quantitative estimate of drug-likeness (QED) is 0.624. The van der Waals surface area contributed by atoms with Crippen molar-refractivity contribution < 1.29 is 26.8 Å². The Bertz CT molecular complexity index is 693. The predicted octanol–water partition coefficient (Wildman–Crippen LogP) is 1.83. The monoisotopic (exact) mass is 392 g/mol. The van der Waals surface area contributed by atoms with Crippen LogP contribution in [0.1, 0.15) is 6.92 Å². The zero-order valence-corrected chi connectivity index (χ0v) is 16.5. The van der Waals surface area contributed by atoms with Gasteiger partial charge in [-0.2, -0.15) is 4.31 Å². The van der Waals surface area contributed by atoms with Crippen LogP contribution < -0.4 is 4.74 Å². The highest BCUT2D eigenvalue weighted by atomic mass is 32.2. The number of piperazine rings is 1. The van der Waals surface area contributed by atoms with Crippen molar-refractivity contribution in [2.75, 3.05) is 53.3 Å². The maximum Gasteiger partial charge on any atom is 0.344 e. The zero-order valence-electron chi connectivity index (χ0n) is 14.8. The third-order valence-electron chi connectivity index (χ3n) is 4.03. The van der Waals surface area contributed by atoms with Crippen LogP contribution in [0.5, 0.6) is 5.75 Å². The molecule has 1 fully saturated rings. The number of rotatable bonds is 8. The molecule has 1 aliphatic rings. The Labute approximate surface area is 149 Å². The molecule has 0 unspecified atom stereocenters. The van der Waals surface area contributed by atoms with Gasteiger partial charge in [0.05, 0.1) is 11.5 Å². The maximum absolute atomic E-state index is 12.7. The normalized spacial score (nSPS) is 17.6. The first-order chi connectivity index (χ1) is 11.8. The Balaban J connectivity index is 2.00. The minimum absolute atomic E-state index is 0.150. The third-order valence-corrected chi connectivity index (χ3v) is 7.81. The van der Waals surface area contributed by atoms with Crippen molar-refractivity contribution in [3.63, 3.8) is 0 Å². The molecule has 1 aliphatic heterocycles. The molecule has 0 amide bonds. The number of benzene rings is 1. The molecular weight excluding hydrogens is 367 g/mol. The van der Waals surface area contributed by atoms with Crippen LogP contribution in [0, 0.1) is 0 Å². The summed E-state index contributed by atoms with van der Waals surface area (Å²) in [4.78, 5) is 2.13. The van der Waals surface area contributed by atoms with Crippen LogP contribution in [-0.2, 0) is 23.6 Å². The average Bonchev–Trinajstić information content (AvgIpc) is 2.63. The van der Waals surface area contributed by atoms with E-state index in [-0.39, 0.29) is 11.2 Å². The van der Waals surface area contributed by atoms with E-state index >= 15 is 0 Å². The fourth-order valence-electron chi connectivity index (χ4n) is 2.57. The first-order valence-electron chi connectivity index (χ1n) is 8.00. The van der Waals surface area contributed by atoms with E-state index < -0.39 is 17.6 Å². The number of hydrogen-bond donors (Lipinski definition) is 0. The summed E-state index contributed by atoms with van der Waals surface area (Å²) < 4.78 is 54.3. The summed E-state index contributed by atoms with van der Waals surface area (Å²) in [6, 6.07) is 6.41. The minimum atomic E-state index is -3.55. The van der Waals surface area contributed by atoms with Crippen molar-refractivity contribution >= 4 is 17.6 Å². The lowest BCUT2D eigenvalue weighted by atomic mass is 10.3. The van der Waals surface area contributed by atoms with Crippen molar-refractivity contribution in [1.29, 1.82) is 0 Å².